The largest absolute Gasteiger partial charge is 0.378 e. The molecule has 3 heterocycles. The zero-order valence-electron chi connectivity index (χ0n) is 17.4. The van der Waals surface area contributed by atoms with Crippen LogP contribution in [0, 0.1) is 11.7 Å². The number of rotatable bonds is 5. The van der Waals surface area contributed by atoms with Crippen LogP contribution in [-0.4, -0.2) is 61.1 Å². The molecule has 2 saturated heterocycles. The number of nitrogens with zero attached hydrogens (tertiary/aromatic N) is 3. The van der Waals surface area contributed by atoms with Crippen LogP contribution in [0.4, 0.5) is 10.2 Å². The van der Waals surface area contributed by atoms with E-state index < -0.39 is 0 Å². The smallest absolute Gasteiger partial charge is 0.253 e. The summed E-state index contributed by atoms with van der Waals surface area (Å²) in [6.07, 6.45) is 3.04. The molecule has 2 aliphatic heterocycles. The zero-order valence-corrected chi connectivity index (χ0v) is 17.4. The molecular formula is C23H27FN4O3. The lowest BCUT2D eigenvalue weighted by Crippen LogP contribution is -2.42. The second-order valence-electron chi connectivity index (χ2n) is 7.92. The van der Waals surface area contributed by atoms with E-state index in [9.17, 15) is 14.0 Å². The zero-order chi connectivity index (χ0) is 21.6. The van der Waals surface area contributed by atoms with Crippen molar-refractivity contribution in [2.24, 2.45) is 5.92 Å². The molecule has 1 N–H and O–H groups in total. The Labute approximate surface area is 181 Å². The number of aromatic nitrogens is 1. The molecule has 0 saturated carbocycles. The first-order chi connectivity index (χ1) is 15.1. The Morgan fingerprint density at radius 3 is 2.39 bits per heavy atom. The molecule has 0 bridgehead atoms. The van der Waals surface area contributed by atoms with Crippen LogP contribution >= 0.6 is 0 Å². The van der Waals surface area contributed by atoms with Gasteiger partial charge >= 0.3 is 0 Å². The molecule has 1 aromatic heterocycles. The van der Waals surface area contributed by atoms with E-state index in [0.717, 1.165) is 24.5 Å². The maximum Gasteiger partial charge on any atom is 0.253 e. The number of nitrogens with one attached hydrogen (secondary N) is 1. The highest BCUT2D eigenvalue weighted by atomic mass is 19.1. The summed E-state index contributed by atoms with van der Waals surface area (Å²) < 4.78 is 18.4. The van der Waals surface area contributed by atoms with Crippen LogP contribution in [0.15, 0.2) is 42.6 Å². The van der Waals surface area contributed by atoms with E-state index >= 15 is 0 Å². The van der Waals surface area contributed by atoms with Crippen LogP contribution in [0.3, 0.4) is 0 Å². The summed E-state index contributed by atoms with van der Waals surface area (Å²) >= 11 is 0. The average Bonchev–Trinajstić information content (AvgIpc) is 2.83. The molecule has 7 nitrogen and oxygen atoms in total. The first kappa shape index (κ1) is 21.2. The first-order valence-electron chi connectivity index (χ1n) is 10.7. The van der Waals surface area contributed by atoms with E-state index in [-0.39, 0.29) is 23.5 Å². The molecule has 2 fully saturated rings. The minimum Gasteiger partial charge on any atom is -0.378 e. The number of ether oxygens (including phenoxy) is 1. The fourth-order valence-corrected chi connectivity index (χ4v) is 3.95. The summed E-state index contributed by atoms with van der Waals surface area (Å²) in [5.74, 6) is 0.337. The summed E-state index contributed by atoms with van der Waals surface area (Å²) in [5, 5.41) is 2.99. The van der Waals surface area contributed by atoms with Gasteiger partial charge in [0.1, 0.15) is 11.6 Å². The van der Waals surface area contributed by atoms with Crippen molar-refractivity contribution in [1.82, 2.24) is 15.2 Å². The number of hydrogen-bond acceptors (Lipinski definition) is 5. The van der Waals surface area contributed by atoms with E-state index in [0.29, 0.717) is 51.3 Å². The molecule has 4 rings (SSSR count). The molecule has 0 aliphatic carbocycles. The summed E-state index contributed by atoms with van der Waals surface area (Å²) in [5.41, 5.74) is 1.42. The Kier molecular flexibility index (Phi) is 6.76. The van der Waals surface area contributed by atoms with Crippen molar-refractivity contribution in [3.05, 3.63) is 59.5 Å². The number of halogens is 1. The third kappa shape index (κ3) is 5.38. The quantitative estimate of drug-likeness (QED) is 0.794. The van der Waals surface area contributed by atoms with Gasteiger partial charge in [-0.05, 0) is 48.7 Å². The van der Waals surface area contributed by atoms with Crippen molar-refractivity contribution in [2.45, 2.75) is 19.4 Å². The average molecular weight is 426 g/mol. The van der Waals surface area contributed by atoms with Crippen molar-refractivity contribution in [3.8, 4) is 0 Å². The Morgan fingerprint density at radius 2 is 1.74 bits per heavy atom. The Hall–Kier alpha value is -3.00. The van der Waals surface area contributed by atoms with E-state index in [4.69, 9.17) is 4.74 Å². The highest BCUT2D eigenvalue weighted by Gasteiger charge is 2.27. The van der Waals surface area contributed by atoms with Gasteiger partial charge < -0.3 is 19.9 Å². The first-order valence-corrected chi connectivity index (χ1v) is 10.7. The number of hydrogen-bond donors (Lipinski definition) is 1. The van der Waals surface area contributed by atoms with Crippen LogP contribution in [0.25, 0.3) is 0 Å². The third-order valence-corrected chi connectivity index (χ3v) is 5.86. The van der Waals surface area contributed by atoms with Gasteiger partial charge in [0.15, 0.2) is 0 Å². The molecule has 0 radical (unpaired) electrons. The van der Waals surface area contributed by atoms with Crippen molar-refractivity contribution in [1.29, 1.82) is 0 Å². The molecule has 164 valence electrons. The standard InChI is InChI=1S/C23H27FN4O3/c24-20-4-2-19(3-5-20)23(30)28-9-7-18(8-10-28)22(29)26-16-17-1-6-21(25-15-17)27-11-13-31-14-12-27/h1-6,15,18H,7-14,16H2,(H,26,29). The van der Waals surface area contributed by atoms with Gasteiger partial charge in [-0.15, -0.1) is 0 Å². The molecule has 2 amide bonds. The number of pyridine rings is 1. The summed E-state index contributed by atoms with van der Waals surface area (Å²) in [7, 11) is 0. The fourth-order valence-electron chi connectivity index (χ4n) is 3.95. The van der Waals surface area contributed by atoms with Crippen molar-refractivity contribution in [3.63, 3.8) is 0 Å². The van der Waals surface area contributed by atoms with Crippen LogP contribution in [0.1, 0.15) is 28.8 Å². The highest BCUT2D eigenvalue weighted by molar-refractivity contribution is 5.94. The molecular weight excluding hydrogens is 399 g/mol. The number of benzene rings is 1. The van der Waals surface area contributed by atoms with E-state index in [2.05, 4.69) is 15.2 Å². The fraction of sp³-hybridized carbons (Fsp3) is 0.435. The maximum atomic E-state index is 13.1. The van der Waals surface area contributed by atoms with Crippen molar-refractivity contribution in [2.75, 3.05) is 44.3 Å². The number of morpholine rings is 1. The lowest BCUT2D eigenvalue weighted by molar-refractivity contribution is -0.126. The van der Waals surface area contributed by atoms with Gasteiger partial charge in [-0.3, -0.25) is 9.59 Å². The van der Waals surface area contributed by atoms with Crippen LogP contribution in [0.5, 0.6) is 0 Å². The second kappa shape index (κ2) is 9.87. The summed E-state index contributed by atoms with van der Waals surface area (Å²) in [6, 6.07) is 9.53. The normalized spacial score (nSPS) is 17.5. The van der Waals surface area contributed by atoms with Crippen LogP contribution in [0.2, 0.25) is 0 Å². The number of likely N-dealkylation sites (tertiary alicyclic amines) is 1. The maximum absolute atomic E-state index is 13.1. The Bertz CT molecular complexity index is 890. The van der Waals surface area contributed by atoms with Crippen LogP contribution < -0.4 is 10.2 Å². The second-order valence-corrected chi connectivity index (χ2v) is 7.92. The van der Waals surface area contributed by atoms with Gasteiger partial charge in [-0.25, -0.2) is 9.37 Å². The van der Waals surface area contributed by atoms with E-state index in [1.54, 1.807) is 11.1 Å². The van der Waals surface area contributed by atoms with Gasteiger partial charge in [0, 0.05) is 50.4 Å². The minimum absolute atomic E-state index is 0.00568. The predicted octanol–water partition coefficient (Wildman–Crippen LogP) is 2.23. The van der Waals surface area contributed by atoms with E-state index in [1.807, 2.05) is 12.1 Å². The Morgan fingerprint density at radius 1 is 1.03 bits per heavy atom. The molecule has 2 aromatic rings. The van der Waals surface area contributed by atoms with Gasteiger partial charge in [0.05, 0.1) is 13.2 Å². The molecule has 0 spiro atoms. The van der Waals surface area contributed by atoms with Crippen molar-refractivity contribution >= 4 is 17.6 Å². The number of carbonyl (C=O) groups is 2. The SMILES string of the molecule is O=C(NCc1ccc(N2CCOCC2)nc1)C1CCN(C(=O)c2ccc(F)cc2)CC1. The van der Waals surface area contributed by atoms with Gasteiger partial charge in [0.2, 0.25) is 5.91 Å². The van der Waals surface area contributed by atoms with Crippen molar-refractivity contribution < 1.29 is 18.7 Å². The number of carbonyl (C=O) groups excluding carboxylic acids is 2. The predicted molar refractivity (Wildman–Crippen MR) is 114 cm³/mol. The van der Waals surface area contributed by atoms with Crippen LogP contribution in [-0.2, 0) is 16.1 Å². The molecule has 8 heteroatoms. The molecule has 0 atom stereocenters. The lowest BCUT2D eigenvalue weighted by Gasteiger charge is -2.31. The summed E-state index contributed by atoms with van der Waals surface area (Å²) in [6.45, 7) is 4.58. The van der Waals surface area contributed by atoms with Gasteiger partial charge in [-0.1, -0.05) is 6.07 Å². The van der Waals surface area contributed by atoms with Gasteiger partial charge in [0.25, 0.3) is 5.91 Å². The number of amides is 2. The minimum atomic E-state index is -0.363. The third-order valence-electron chi connectivity index (χ3n) is 5.86. The van der Waals surface area contributed by atoms with Gasteiger partial charge in [-0.2, -0.15) is 0 Å². The topological polar surface area (TPSA) is 74.8 Å². The lowest BCUT2D eigenvalue weighted by atomic mass is 9.95. The molecule has 2 aliphatic rings. The highest BCUT2D eigenvalue weighted by Crippen LogP contribution is 2.20. The number of anilines is 1. The van der Waals surface area contributed by atoms with E-state index in [1.165, 1.54) is 24.3 Å². The summed E-state index contributed by atoms with van der Waals surface area (Å²) in [4.78, 5) is 33.5. The molecule has 31 heavy (non-hydrogen) atoms. The number of piperidine rings is 1. The molecule has 1 aromatic carbocycles. The molecule has 0 unspecified atom stereocenters. The monoisotopic (exact) mass is 426 g/mol. The Balaban J connectivity index is 1.23.